The highest BCUT2D eigenvalue weighted by atomic mass is 16.2. The van der Waals surface area contributed by atoms with Crippen LogP contribution in [0.15, 0.2) is 30.7 Å². The predicted octanol–water partition coefficient (Wildman–Crippen LogP) is 3.64. The zero-order valence-corrected chi connectivity index (χ0v) is 17.0. The Morgan fingerprint density at radius 1 is 1.00 bits per heavy atom. The van der Waals surface area contributed by atoms with Crippen molar-refractivity contribution in [1.82, 2.24) is 19.9 Å². The van der Waals surface area contributed by atoms with Gasteiger partial charge < -0.3 is 9.80 Å². The lowest BCUT2D eigenvalue weighted by Crippen LogP contribution is -2.40. The molecule has 4 heterocycles. The fraction of sp³-hybridized carbons (Fsp3) is 0.565. The largest absolute Gasteiger partial charge is 0.342 e. The monoisotopic (exact) mass is 391 g/mol. The first kappa shape index (κ1) is 18.5. The summed E-state index contributed by atoms with van der Waals surface area (Å²) in [6.45, 7) is 3.72. The molecule has 2 aliphatic heterocycles. The van der Waals surface area contributed by atoms with E-state index in [2.05, 4.69) is 20.9 Å². The van der Waals surface area contributed by atoms with Crippen LogP contribution in [0.25, 0.3) is 11.1 Å². The molecule has 6 nitrogen and oxygen atoms in total. The van der Waals surface area contributed by atoms with E-state index in [0.29, 0.717) is 5.91 Å². The number of amides is 1. The number of carbonyl (C=O) groups is 1. The summed E-state index contributed by atoms with van der Waals surface area (Å²) in [5.74, 6) is 1.73. The Hall–Kier alpha value is -2.50. The van der Waals surface area contributed by atoms with Gasteiger partial charge in [0.2, 0.25) is 11.9 Å². The maximum absolute atomic E-state index is 12.7. The summed E-state index contributed by atoms with van der Waals surface area (Å²) < 4.78 is 0. The van der Waals surface area contributed by atoms with Gasteiger partial charge >= 0.3 is 0 Å². The molecule has 2 aromatic rings. The van der Waals surface area contributed by atoms with Crippen LogP contribution in [0.2, 0.25) is 0 Å². The molecule has 1 saturated carbocycles. The number of pyridine rings is 1. The Bertz CT molecular complexity index is 861. The average molecular weight is 392 g/mol. The van der Waals surface area contributed by atoms with Crippen molar-refractivity contribution in [3.05, 3.63) is 36.4 Å². The molecule has 0 aromatic carbocycles. The van der Waals surface area contributed by atoms with Crippen LogP contribution in [0, 0.1) is 5.92 Å². The van der Waals surface area contributed by atoms with Crippen LogP contribution in [0.4, 0.5) is 5.95 Å². The van der Waals surface area contributed by atoms with Crippen molar-refractivity contribution >= 4 is 11.9 Å². The van der Waals surface area contributed by atoms with Gasteiger partial charge in [-0.25, -0.2) is 9.97 Å². The van der Waals surface area contributed by atoms with Crippen LogP contribution in [-0.4, -0.2) is 51.9 Å². The third-order valence-corrected chi connectivity index (χ3v) is 6.46. The van der Waals surface area contributed by atoms with Gasteiger partial charge in [-0.3, -0.25) is 9.78 Å². The Morgan fingerprint density at radius 2 is 1.86 bits per heavy atom. The highest BCUT2D eigenvalue weighted by Crippen LogP contribution is 2.37. The van der Waals surface area contributed by atoms with Crippen molar-refractivity contribution in [3.63, 3.8) is 0 Å². The molecule has 29 heavy (non-hydrogen) atoms. The molecule has 0 bridgehead atoms. The number of carbonyl (C=O) groups excluding carboxylic acids is 1. The van der Waals surface area contributed by atoms with Gasteiger partial charge in [-0.05, 0) is 51.0 Å². The highest BCUT2D eigenvalue weighted by molar-refractivity contribution is 5.81. The van der Waals surface area contributed by atoms with Gasteiger partial charge in [0.05, 0.1) is 5.69 Å². The first-order valence-electron chi connectivity index (χ1n) is 11.1. The minimum Gasteiger partial charge on any atom is -0.342 e. The summed E-state index contributed by atoms with van der Waals surface area (Å²) in [6.07, 6.45) is 13.6. The van der Waals surface area contributed by atoms with Crippen molar-refractivity contribution in [3.8, 4) is 11.1 Å². The molecule has 6 heteroatoms. The van der Waals surface area contributed by atoms with Gasteiger partial charge in [0.15, 0.2) is 0 Å². The summed E-state index contributed by atoms with van der Waals surface area (Å²) in [7, 11) is 0. The van der Waals surface area contributed by atoms with Gasteiger partial charge in [-0.2, -0.15) is 0 Å². The number of piperidine rings is 2. The predicted molar refractivity (Wildman–Crippen MR) is 113 cm³/mol. The number of hydrogen-bond acceptors (Lipinski definition) is 5. The fourth-order valence-electron chi connectivity index (χ4n) is 4.68. The third kappa shape index (κ3) is 3.98. The molecule has 1 amide bonds. The van der Waals surface area contributed by atoms with E-state index in [1.807, 2.05) is 18.5 Å². The molecule has 152 valence electrons. The van der Waals surface area contributed by atoms with Gasteiger partial charge in [0.1, 0.15) is 0 Å². The molecular formula is C23H29N5O. The van der Waals surface area contributed by atoms with E-state index in [0.717, 1.165) is 74.6 Å². The Balaban J connectivity index is 1.48. The molecule has 2 saturated heterocycles. The Morgan fingerprint density at radius 3 is 2.62 bits per heavy atom. The molecule has 1 atom stereocenters. The first-order valence-corrected chi connectivity index (χ1v) is 11.1. The summed E-state index contributed by atoms with van der Waals surface area (Å²) >= 11 is 0. The second-order valence-corrected chi connectivity index (χ2v) is 8.66. The molecule has 0 spiro atoms. The number of likely N-dealkylation sites (tertiary alicyclic amines) is 1. The van der Waals surface area contributed by atoms with Gasteiger partial charge in [-0.15, -0.1) is 0 Å². The van der Waals surface area contributed by atoms with Crippen molar-refractivity contribution in [1.29, 1.82) is 0 Å². The van der Waals surface area contributed by atoms with E-state index < -0.39 is 0 Å². The van der Waals surface area contributed by atoms with Gasteiger partial charge in [0, 0.05) is 67.7 Å². The van der Waals surface area contributed by atoms with Gasteiger partial charge in [0.25, 0.3) is 0 Å². The van der Waals surface area contributed by atoms with Crippen LogP contribution >= 0.6 is 0 Å². The molecule has 3 aliphatic rings. The van der Waals surface area contributed by atoms with E-state index >= 15 is 0 Å². The molecule has 1 aliphatic carbocycles. The lowest BCUT2D eigenvalue weighted by molar-refractivity contribution is -0.133. The highest BCUT2D eigenvalue weighted by Gasteiger charge is 2.36. The Labute approximate surface area is 172 Å². The standard InChI is InChI=1S/C23H29N5O/c29-22(17-8-9-17)28-13-5-7-19(16-28)21-20(18-6-4-10-24-14-18)15-25-23(26-21)27-11-2-1-3-12-27/h4,6,10,14-15,17,19H,1-3,5,7-9,11-13,16H2/t19-/m0/s1. The van der Waals surface area contributed by atoms with Crippen LogP contribution < -0.4 is 4.90 Å². The van der Waals surface area contributed by atoms with Crippen molar-refractivity contribution < 1.29 is 4.79 Å². The number of anilines is 1. The minimum absolute atomic E-state index is 0.258. The van der Waals surface area contributed by atoms with Crippen molar-refractivity contribution in [2.45, 2.75) is 50.9 Å². The van der Waals surface area contributed by atoms with E-state index in [4.69, 9.17) is 9.97 Å². The average Bonchev–Trinajstić information content (AvgIpc) is 3.65. The summed E-state index contributed by atoms with van der Waals surface area (Å²) in [6, 6.07) is 4.03. The zero-order valence-electron chi connectivity index (χ0n) is 17.0. The maximum atomic E-state index is 12.7. The second kappa shape index (κ2) is 8.09. The van der Waals surface area contributed by atoms with Crippen LogP contribution in [0.3, 0.4) is 0 Å². The molecular weight excluding hydrogens is 362 g/mol. The summed E-state index contributed by atoms with van der Waals surface area (Å²) in [5.41, 5.74) is 3.20. The number of nitrogens with zero attached hydrogens (tertiary/aromatic N) is 5. The summed E-state index contributed by atoms with van der Waals surface area (Å²) in [4.78, 5) is 31.2. The van der Waals surface area contributed by atoms with Crippen LogP contribution in [0.1, 0.15) is 56.6 Å². The molecule has 3 fully saturated rings. The van der Waals surface area contributed by atoms with E-state index in [9.17, 15) is 4.79 Å². The Kier molecular flexibility index (Phi) is 5.17. The normalized spacial score (nSPS) is 22.6. The van der Waals surface area contributed by atoms with Crippen molar-refractivity contribution in [2.24, 2.45) is 5.92 Å². The first-order chi connectivity index (χ1) is 14.3. The smallest absolute Gasteiger partial charge is 0.225 e. The van der Waals surface area contributed by atoms with Gasteiger partial charge in [-0.1, -0.05) is 6.07 Å². The van der Waals surface area contributed by atoms with E-state index in [1.54, 1.807) is 6.20 Å². The van der Waals surface area contributed by atoms with Crippen LogP contribution in [-0.2, 0) is 4.79 Å². The SMILES string of the molecule is O=C(C1CC1)N1CCC[C@H](c2nc(N3CCCCC3)ncc2-c2cccnc2)C1. The van der Waals surface area contributed by atoms with Crippen LogP contribution in [0.5, 0.6) is 0 Å². The molecule has 0 unspecified atom stereocenters. The number of rotatable bonds is 4. The second-order valence-electron chi connectivity index (χ2n) is 8.66. The lowest BCUT2D eigenvalue weighted by atomic mass is 9.90. The fourth-order valence-corrected chi connectivity index (χ4v) is 4.68. The molecule has 2 aromatic heterocycles. The third-order valence-electron chi connectivity index (χ3n) is 6.46. The maximum Gasteiger partial charge on any atom is 0.225 e. The lowest BCUT2D eigenvalue weighted by Gasteiger charge is -2.34. The quantitative estimate of drug-likeness (QED) is 0.796. The van der Waals surface area contributed by atoms with E-state index in [1.165, 1.54) is 19.3 Å². The molecule has 5 rings (SSSR count). The molecule has 0 radical (unpaired) electrons. The van der Waals surface area contributed by atoms with Crippen molar-refractivity contribution in [2.75, 3.05) is 31.1 Å². The minimum atomic E-state index is 0.258. The number of aromatic nitrogens is 3. The number of hydrogen-bond donors (Lipinski definition) is 0. The topological polar surface area (TPSA) is 62.2 Å². The summed E-state index contributed by atoms with van der Waals surface area (Å²) in [5, 5.41) is 0. The zero-order chi connectivity index (χ0) is 19.6. The molecule has 0 N–H and O–H groups in total. The van der Waals surface area contributed by atoms with E-state index in [-0.39, 0.29) is 11.8 Å².